The molecule has 12 heteroatoms. The van der Waals surface area contributed by atoms with E-state index in [0.29, 0.717) is 10.4 Å². The highest BCUT2D eigenvalue weighted by Crippen LogP contribution is 2.36. The molecule has 0 aliphatic rings. The van der Waals surface area contributed by atoms with Gasteiger partial charge in [-0.25, -0.2) is 12.8 Å². The van der Waals surface area contributed by atoms with Crippen molar-refractivity contribution < 1.29 is 35.5 Å². The number of methoxy groups -OCH3 is 1. The second kappa shape index (κ2) is 8.56. The van der Waals surface area contributed by atoms with Gasteiger partial charge in [-0.15, -0.1) is 0 Å². The summed E-state index contributed by atoms with van der Waals surface area (Å²) in [5.41, 5.74) is -1.36. The molecule has 2 rings (SSSR count). The standard InChI is InChI=1S/C17H15ClF4N2O4S/c1-24(29(26,27)11-4-6-15(28-2)14(19)8-11)9-16(25)23-10-3-5-13(18)12(7-10)17(20,21)22/h3-8H,9H2,1-2H3,(H,23,25). The van der Waals surface area contributed by atoms with Crippen molar-refractivity contribution in [2.75, 3.05) is 26.0 Å². The Hall–Kier alpha value is -2.37. The number of anilines is 1. The van der Waals surface area contributed by atoms with E-state index in [1.807, 2.05) is 0 Å². The first-order valence-corrected chi connectivity index (χ1v) is 9.64. The highest BCUT2D eigenvalue weighted by Gasteiger charge is 2.33. The van der Waals surface area contributed by atoms with Crippen molar-refractivity contribution in [3.8, 4) is 5.75 Å². The lowest BCUT2D eigenvalue weighted by atomic mass is 10.2. The van der Waals surface area contributed by atoms with Gasteiger partial charge in [0.25, 0.3) is 0 Å². The number of carbonyl (C=O) groups is 1. The van der Waals surface area contributed by atoms with Crippen LogP contribution in [0.25, 0.3) is 0 Å². The van der Waals surface area contributed by atoms with Crippen LogP contribution in [0, 0.1) is 5.82 Å². The predicted molar refractivity (Wildman–Crippen MR) is 97.9 cm³/mol. The Morgan fingerprint density at radius 2 is 1.86 bits per heavy atom. The topological polar surface area (TPSA) is 75.7 Å². The summed E-state index contributed by atoms with van der Waals surface area (Å²) in [6.45, 7) is -0.722. The summed E-state index contributed by atoms with van der Waals surface area (Å²) < 4.78 is 82.7. The molecule has 0 heterocycles. The van der Waals surface area contributed by atoms with E-state index in [0.717, 1.165) is 37.4 Å². The van der Waals surface area contributed by atoms with Gasteiger partial charge in [-0.1, -0.05) is 11.6 Å². The molecule has 1 N–H and O–H groups in total. The fraction of sp³-hybridized carbons (Fsp3) is 0.235. The normalized spacial score (nSPS) is 12.1. The van der Waals surface area contributed by atoms with Crippen molar-refractivity contribution in [2.45, 2.75) is 11.1 Å². The lowest BCUT2D eigenvalue weighted by molar-refractivity contribution is -0.137. The number of benzene rings is 2. The molecule has 158 valence electrons. The van der Waals surface area contributed by atoms with Crippen LogP contribution in [0.4, 0.5) is 23.2 Å². The zero-order valence-corrected chi connectivity index (χ0v) is 16.6. The monoisotopic (exact) mass is 454 g/mol. The van der Waals surface area contributed by atoms with E-state index in [-0.39, 0.29) is 11.4 Å². The third-order valence-corrected chi connectivity index (χ3v) is 5.88. The summed E-state index contributed by atoms with van der Waals surface area (Å²) in [5, 5.41) is 1.62. The average molecular weight is 455 g/mol. The Balaban J connectivity index is 2.15. The molecule has 0 aliphatic carbocycles. The van der Waals surface area contributed by atoms with Gasteiger partial charge in [0.05, 0.1) is 29.1 Å². The zero-order chi connectivity index (χ0) is 22.0. The minimum atomic E-state index is -4.73. The van der Waals surface area contributed by atoms with Crippen molar-refractivity contribution in [1.29, 1.82) is 0 Å². The van der Waals surface area contributed by atoms with E-state index in [9.17, 15) is 30.8 Å². The molecule has 29 heavy (non-hydrogen) atoms. The van der Waals surface area contributed by atoms with Crippen LogP contribution in [-0.2, 0) is 21.0 Å². The van der Waals surface area contributed by atoms with Gasteiger partial charge in [-0.3, -0.25) is 4.79 Å². The van der Waals surface area contributed by atoms with Gasteiger partial charge in [0.1, 0.15) is 0 Å². The van der Waals surface area contributed by atoms with Crippen molar-refractivity contribution in [2.24, 2.45) is 0 Å². The van der Waals surface area contributed by atoms with E-state index in [4.69, 9.17) is 16.3 Å². The summed E-state index contributed by atoms with van der Waals surface area (Å²) >= 11 is 5.50. The molecule has 6 nitrogen and oxygen atoms in total. The third kappa shape index (κ3) is 5.37. The Labute approximate surface area is 169 Å². The predicted octanol–water partition coefficient (Wildman–Crippen LogP) is 3.77. The van der Waals surface area contributed by atoms with Crippen LogP contribution < -0.4 is 10.1 Å². The first kappa shape index (κ1) is 22.9. The van der Waals surface area contributed by atoms with E-state index in [2.05, 4.69) is 5.32 Å². The molecular formula is C17H15ClF4N2O4S. The van der Waals surface area contributed by atoms with Gasteiger partial charge in [0.2, 0.25) is 15.9 Å². The molecule has 0 saturated carbocycles. The van der Waals surface area contributed by atoms with Crippen LogP contribution in [0.1, 0.15) is 5.56 Å². The number of alkyl halides is 3. The van der Waals surface area contributed by atoms with Gasteiger partial charge < -0.3 is 10.1 Å². The number of nitrogens with zero attached hydrogens (tertiary/aromatic N) is 1. The first-order valence-electron chi connectivity index (χ1n) is 7.82. The van der Waals surface area contributed by atoms with Gasteiger partial charge in [-0.05, 0) is 36.4 Å². The number of nitrogens with one attached hydrogen (secondary N) is 1. The lowest BCUT2D eigenvalue weighted by Crippen LogP contribution is -2.35. The fourth-order valence-corrected chi connectivity index (χ4v) is 3.66. The van der Waals surface area contributed by atoms with E-state index in [1.165, 1.54) is 7.11 Å². The van der Waals surface area contributed by atoms with Crippen molar-refractivity contribution >= 4 is 33.2 Å². The average Bonchev–Trinajstić information content (AvgIpc) is 2.62. The third-order valence-electron chi connectivity index (χ3n) is 3.75. The van der Waals surface area contributed by atoms with E-state index in [1.54, 1.807) is 0 Å². The summed E-state index contributed by atoms with van der Waals surface area (Å²) in [7, 11) is -1.95. The Bertz CT molecular complexity index is 1030. The summed E-state index contributed by atoms with van der Waals surface area (Å²) in [4.78, 5) is 11.7. The van der Waals surface area contributed by atoms with Gasteiger partial charge in [-0.2, -0.15) is 17.5 Å². The largest absolute Gasteiger partial charge is 0.494 e. The van der Waals surface area contributed by atoms with Gasteiger partial charge in [0, 0.05) is 12.7 Å². The van der Waals surface area contributed by atoms with Crippen LogP contribution in [0.2, 0.25) is 5.02 Å². The minimum Gasteiger partial charge on any atom is -0.494 e. The molecule has 2 aromatic rings. The molecule has 2 aromatic carbocycles. The van der Waals surface area contributed by atoms with Crippen molar-refractivity contribution in [3.05, 3.63) is 52.8 Å². The van der Waals surface area contributed by atoms with Crippen LogP contribution >= 0.6 is 11.6 Å². The molecule has 0 spiro atoms. The summed E-state index contributed by atoms with van der Waals surface area (Å²) in [5.74, 6) is -1.97. The molecule has 0 fully saturated rings. The number of ether oxygens (including phenoxy) is 1. The number of halogens is 5. The van der Waals surface area contributed by atoms with Crippen molar-refractivity contribution in [3.63, 3.8) is 0 Å². The number of hydrogen-bond donors (Lipinski definition) is 1. The maximum Gasteiger partial charge on any atom is 0.417 e. The van der Waals surface area contributed by atoms with Crippen LogP contribution in [0.15, 0.2) is 41.3 Å². The molecule has 0 radical (unpaired) electrons. The maximum atomic E-state index is 13.8. The summed E-state index contributed by atoms with van der Waals surface area (Å²) in [6.07, 6.45) is -4.73. The molecule has 0 atom stereocenters. The molecule has 0 aliphatic heterocycles. The smallest absolute Gasteiger partial charge is 0.417 e. The van der Waals surface area contributed by atoms with Gasteiger partial charge in [0.15, 0.2) is 11.6 Å². The van der Waals surface area contributed by atoms with Crippen molar-refractivity contribution in [1.82, 2.24) is 4.31 Å². The number of likely N-dealkylation sites (N-methyl/N-ethyl adjacent to an activating group) is 1. The summed E-state index contributed by atoms with van der Waals surface area (Å²) in [6, 6.07) is 5.68. The number of hydrogen-bond acceptors (Lipinski definition) is 4. The molecule has 0 aromatic heterocycles. The number of amides is 1. The second-order valence-electron chi connectivity index (χ2n) is 5.80. The highest BCUT2D eigenvalue weighted by atomic mass is 35.5. The molecule has 0 bridgehead atoms. The van der Waals surface area contributed by atoms with E-state index < -0.39 is 50.0 Å². The molecule has 0 unspecified atom stereocenters. The van der Waals surface area contributed by atoms with E-state index >= 15 is 0 Å². The maximum absolute atomic E-state index is 13.8. The van der Waals surface area contributed by atoms with Gasteiger partial charge >= 0.3 is 6.18 Å². The zero-order valence-electron chi connectivity index (χ0n) is 15.0. The Morgan fingerprint density at radius 3 is 2.41 bits per heavy atom. The van der Waals surface area contributed by atoms with Crippen LogP contribution in [-0.4, -0.2) is 39.3 Å². The molecule has 0 saturated heterocycles. The SMILES string of the molecule is COc1ccc(S(=O)(=O)N(C)CC(=O)Nc2ccc(Cl)c(C(F)(F)F)c2)cc1F. The van der Waals surface area contributed by atoms with Crippen LogP contribution in [0.3, 0.4) is 0 Å². The number of carbonyl (C=O) groups excluding carboxylic acids is 1. The number of rotatable bonds is 6. The highest BCUT2D eigenvalue weighted by molar-refractivity contribution is 7.89. The Morgan fingerprint density at radius 1 is 1.21 bits per heavy atom. The molecule has 1 amide bonds. The Kier molecular flexibility index (Phi) is 6.76. The first-order chi connectivity index (χ1) is 13.4. The lowest BCUT2D eigenvalue weighted by Gasteiger charge is -2.18. The number of sulfonamides is 1. The molecular weight excluding hydrogens is 440 g/mol. The quantitative estimate of drug-likeness (QED) is 0.674. The fourth-order valence-electron chi connectivity index (χ4n) is 2.30. The minimum absolute atomic E-state index is 0.160. The van der Waals surface area contributed by atoms with Crippen LogP contribution in [0.5, 0.6) is 5.75 Å². The second-order valence-corrected chi connectivity index (χ2v) is 8.25.